The molecule has 29 heavy (non-hydrogen) atoms. The molecule has 4 fully saturated rings. The molecule has 3 unspecified atom stereocenters. The van der Waals surface area contributed by atoms with Crippen molar-refractivity contribution in [3.05, 3.63) is 0 Å². The van der Waals surface area contributed by atoms with Crippen molar-refractivity contribution in [2.24, 2.45) is 40.4 Å². The lowest BCUT2D eigenvalue weighted by molar-refractivity contribution is -0.175. The first-order valence-corrected chi connectivity index (χ1v) is 11.2. The number of ether oxygens (including phenoxy) is 1. The van der Waals surface area contributed by atoms with Gasteiger partial charge >= 0.3 is 11.9 Å². The van der Waals surface area contributed by atoms with Crippen LogP contribution in [0.4, 0.5) is 0 Å². The first kappa shape index (κ1) is 20.7. The fourth-order valence-electron chi connectivity index (χ4n) is 8.18. The monoisotopic (exact) mass is 405 g/mol. The zero-order valence-corrected chi connectivity index (χ0v) is 18.1. The van der Waals surface area contributed by atoms with Gasteiger partial charge < -0.3 is 14.7 Å². The molecule has 1 amide bonds. The topological polar surface area (TPSA) is 83.9 Å². The number of hydrogen-bond donors (Lipinski definition) is 1. The fraction of sp³-hybridized carbons (Fsp3) is 0.870. The van der Waals surface area contributed by atoms with Crippen LogP contribution in [0.2, 0.25) is 0 Å². The van der Waals surface area contributed by atoms with Gasteiger partial charge in [-0.15, -0.1) is 0 Å². The first-order chi connectivity index (χ1) is 13.6. The number of aliphatic carboxylic acids is 1. The number of rotatable bonds is 3. The van der Waals surface area contributed by atoms with E-state index in [0.29, 0.717) is 30.6 Å². The molecule has 3 saturated carbocycles. The molecule has 1 saturated heterocycles. The quantitative estimate of drug-likeness (QED) is 0.728. The molecule has 0 aromatic carbocycles. The van der Waals surface area contributed by atoms with Crippen LogP contribution in [0, 0.1) is 40.4 Å². The molecule has 6 nitrogen and oxygen atoms in total. The average Bonchev–Trinajstić information content (AvgIpc) is 3.03. The van der Waals surface area contributed by atoms with E-state index in [-0.39, 0.29) is 40.6 Å². The number of piperidine rings is 1. The maximum absolute atomic E-state index is 12.5. The van der Waals surface area contributed by atoms with Gasteiger partial charge in [-0.1, -0.05) is 13.8 Å². The Bertz CT molecular complexity index is 722. The van der Waals surface area contributed by atoms with Crippen LogP contribution >= 0.6 is 0 Å². The Kier molecular flexibility index (Phi) is 4.98. The Balaban J connectivity index is 1.73. The van der Waals surface area contributed by atoms with E-state index in [4.69, 9.17) is 4.74 Å². The van der Waals surface area contributed by atoms with Gasteiger partial charge in [0.2, 0.25) is 5.91 Å². The highest BCUT2D eigenvalue weighted by Crippen LogP contribution is 2.67. The molecule has 3 aliphatic carbocycles. The summed E-state index contributed by atoms with van der Waals surface area (Å²) in [4.78, 5) is 38.7. The third kappa shape index (κ3) is 2.92. The van der Waals surface area contributed by atoms with Crippen molar-refractivity contribution in [1.82, 2.24) is 4.90 Å². The molecule has 4 aliphatic rings. The third-order valence-electron chi connectivity index (χ3n) is 9.70. The third-order valence-corrected chi connectivity index (χ3v) is 9.70. The maximum atomic E-state index is 12.5. The van der Waals surface area contributed by atoms with E-state index in [1.807, 2.05) is 11.9 Å². The van der Waals surface area contributed by atoms with Crippen molar-refractivity contribution in [3.8, 4) is 0 Å². The van der Waals surface area contributed by atoms with Crippen LogP contribution < -0.4 is 0 Å². The highest BCUT2D eigenvalue weighted by atomic mass is 16.5. The molecule has 1 aliphatic heterocycles. The van der Waals surface area contributed by atoms with Gasteiger partial charge in [0, 0.05) is 25.9 Å². The second-order valence-corrected chi connectivity index (χ2v) is 10.6. The first-order valence-electron chi connectivity index (χ1n) is 11.2. The van der Waals surface area contributed by atoms with Gasteiger partial charge in [0.15, 0.2) is 0 Å². The second-order valence-electron chi connectivity index (χ2n) is 10.6. The van der Waals surface area contributed by atoms with E-state index in [1.54, 1.807) is 0 Å². The van der Waals surface area contributed by atoms with Crippen LogP contribution in [-0.4, -0.2) is 48.1 Å². The maximum Gasteiger partial charge on any atom is 0.307 e. The number of likely N-dealkylation sites (tertiary alicyclic amines) is 1. The minimum atomic E-state index is -0.666. The van der Waals surface area contributed by atoms with Crippen molar-refractivity contribution in [2.75, 3.05) is 14.2 Å². The number of carbonyl (C=O) groups excluding carboxylic acids is 2. The summed E-state index contributed by atoms with van der Waals surface area (Å²) in [5, 5.41) is 9.85. The lowest BCUT2D eigenvalue weighted by Gasteiger charge is -2.63. The number of carbonyl (C=O) groups is 3. The Morgan fingerprint density at radius 3 is 2.48 bits per heavy atom. The molecule has 0 aromatic heterocycles. The number of nitrogens with zero attached hydrogens (tertiary/aromatic N) is 1. The summed E-state index contributed by atoms with van der Waals surface area (Å²) < 4.78 is 5.02. The molecule has 1 heterocycles. The van der Waals surface area contributed by atoms with Crippen molar-refractivity contribution in [1.29, 1.82) is 0 Å². The molecular formula is C23H35NO5. The minimum absolute atomic E-state index is 0.0442. The molecule has 0 aromatic rings. The van der Waals surface area contributed by atoms with E-state index in [0.717, 1.165) is 38.5 Å². The van der Waals surface area contributed by atoms with Crippen molar-refractivity contribution >= 4 is 17.8 Å². The number of carboxylic acids is 1. The van der Waals surface area contributed by atoms with Crippen LogP contribution in [0.25, 0.3) is 0 Å². The SMILES string of the molecule is COC(=O)CC1CC2N(C)C(=O)CC[C@]2(C)[C@@H]2CC[C@]3(C)C(C(=O)O)CC[C@H]3[C@H]12. The summed E-state index contributed by atoms with van der Waals surface area (Å²) in [7, 11) is 3.35. The Morgan fingerprint density at radius 2 is 1.83 bits per heavy atom. The highest BCUT2D eigenvalue weighted by Gasteiger charge is 2.64. The Morgan fingerprint density at radius 1 is 1.14 bits per heavy atom. The molecule has 8 atom stereocenters. The van der Waals surface area contributed by atoms with Crippen LogP contribution in [0.15, 0.2) is 0 Å². The van der Waals surface area contributed by atoms with Crippen LogP contribution in [0.3, 0.4) is 0 Å². The summed E-state index contributed by atoms with van der Waals surface area (Å²) in [5.74, 6) is 0.303. The molecular weight excluding hydrogens is 370 g/mol. The second kappa shape index (κ2) is 6.98. The predicted octanol–water partition coefficient (Wildman–Crippen LogP) is 3.34. The molecule has 4 rings (SSSR count). The predicted molar refractivity (Wildman–Crippen MR) is 107 cm³/mol. The molecule has 0 radical (unpaired) electrons. The highest BCUT2D eigenvalue weighted by molar-refractivity contribution is 5.77. The summed E-state index contributed by atoms with van der Waals surface area (Å²) in [6.45, 7) is 4.53. The number of esters is 1. The number of carboxylic acid groups (broad SMARTS) is 1. The van der Waals surface area contributed by atoms with Gasteiger partial charge in [-0.2, -0.15) is 0 Å². The van der Waals surface area contributed by atoms with Crippen molar-refractivity contribution in [2.45, 2.75) is 71.3 Å². The van der Waals surface area contributed by atoms with Crippen LogP contribution in [0.5, 0.6) is 0 Å². The summed E-state index contributed by atoms with van der Waals surface area (Å²) in [5.41, 5.74) is -0.149. The van der Waals surface area contributed by atoms with E-state index in [9.17, 15) is 19.5 Å². The van der Waals surface area contributed by atoms with E-state index in [1.165, 1.54) is 7.11 Å². The smallest absolute Gasteiger partial charge is 0.307 e. The lowest BCUT2D eigenvalue weighted by Crippen LogP contribution is -2.63. The van der Waals surface area contributed by atoms with Gasteiger partial charge in [0.25, 0.3) is 0 Å². The van der Waals surface area contributed by atoms with Crippen LogP contribution in [-0.2, 0) is 19.1 Å². The van der Waals surface area contributed by atoms with Crippen LogP contribution in [0.1, 0.15) is 65.2 Å². The number of fused-ring (bicyclic) bond motifs is 5. The molecule has 1 N–H and O–H groups in total. The zero-order chi connectivity index (χ0) is 21.1. The van der Waals surface area contributed by atoms with Gasteiger partial charge in [0.05, 0.1) is 13.0 Å². The zero-order valence-electron chi connectivity index (χ0n) is 18.1. The fourth-order valence-corrected chi connectivity index (χ4v) is 8.18. The number of amides is 1. The van der Waals surface area contributed by atoms with Gasteiger partial charge in [-0.3, -0.25) is 14.4 Å². The van der Waals surface area contributed by atoms with E-state index < -0.39 is 5.97 Å². The lowest BCUT2D eigenvalue weighted by atomic mass is 9.44. The van der Waals surface area contributed by atoms with Gasteiger partial charge in [-0.05, 0) is 73.0 Å². The van der Waals surface area contributed by atoms with E-state index in [2.05, 4.69) is 13.8 Å². The Labute approximate surface area is 173 Å². The average molecular weight is 406 g/mol. The molecule has 6 heteroatoms. The van der Waals surface area contributed by atoms with Gasteiger partial charge in [0.1, 0.15) is 0 Å². The standard InChI is InChI=1S/C23H35NO5/c1-22-9-7-15-20(14(22)5-6-16(22)21(27)28)13(12-19(26)29-4)11-17-23(15,2)10-8-18(25)24(17)3/h13-17,20H,5-12H2,1-4H3,(H,27,28)/t13?,14-,15+,16?,17?,20-,22-,23+/m0/s1. The van der Waals surface area contributed by atoms with Crippen molar-refractivity contribution < 1.29 is 24.2 Å². The minimum Gasteiger partial charge on any atom is -0.481 e. The number of methoxy groups -OCH3 is 1. The molecule has 0 bridgehead atoms. The van der Waals surface area contributed by atoms with Crippen molar-refractivity contribution in [3.63, 3.8) is 0 Å². The molecule has 0 spiro atoms. The summed E-state index contributed by atoms with van der Waals surface area (Å²) in [6.07, 6.45) is 6.28. The summed E-state index contributed by atoms with van der Waals surface area (Å²) in [6, 6.07) is 0.153. The Hall–Kier alpha value is -1.59. The molecule has 162 valence electrons. The normalized spacial score (nSPS) is 46.5. The largest absolute Gasteiger partial charge is 0.481 e. The number of hydrogen-bond acceptors (Lipinski definition) is 4. The van der Waals surface area contributed by atoms with E-state index >= 15 is 0 Å². The van der Waals surface area contributed by atoms with Gasteiger partial charge in [-0.25, -0.2) is 0 Å². The summed E-state index contributed by atoms with van der Waals surface area (Å²) >= 11 is 0.